The van der Waals surface area contributed by atoms with Crippen molar-refractivity contribution in [1.82, 2.24) is 5.32 Å². The second kappa shape index (κ2) is 9.28. The van der Waals surface area contributed by atoms with Crippen molar-refractivity contribution in [3.05, 3.63) is 27.7 Å². The van der Waals surface area contributed by atoms with Crippen LogP contribution in [0.3, 0.4) is 0 Å². The Morgan fingerprint density at radius 1 is 1.29 bits per heavy atom. The van der Waals surface area contributed by atoms with E-state index in [2.05, 4.69) is 28.2 Å². The molecule has 0 spiro atoms. The van der Waals surface area contributed by atoms with Crippen molar-refractivity contribution in [3.8, 4) is 5.75 Å². The predicted molar refractivity (Wildman–Crippen MR) is 95.2 cm³/mol. The van der Waals surface area contributed by atoms with Gasteiger partial charge in [0.2, 0.25) is 0 Å². The summed E-state index contributed by atoms with van der Waals surface area (Å²) in [5, 5.41) is 3.32. The number of ether oxygens (including phenoxy) is 2. The van der Waals surface area contributed by atoms with Gasteiger partial charge in [0, 0.05) is 10.5 Å². The Hall–Kier alpha value is -1.27. The Labute approximate surface area is 155 Å². The number of nitrogens with one attached hydrogen (secondary N) is 1. The highest BCUT2D eigenvalue weighted by Gasteiger charge is 2.23. The highest BCUT2D eigenvalue weighted by atomic mass is 79.9. The molecule has 1 aromatic rings. The molecule has 7 heteroatoms. The molecule has 0 aliphatic heterocycles. The monoisotopic (exact) mass is 417 g/mol. The van der Waals surface area contributed by atoms with Gasteiger partial charge in [-0.2, -0.15) is 0 Å². The first kappa shape index (κ1) is 19.1. The lowest BCUT2D eigenvalue weighted by Gasteiger charge is -2.29. The zero-order chi connectivity index (χ0) is 17.5. The molecular formula is C17H21BrClNO4. The summed E-state index contributed by atoms with van der Waals surface area (Å²) in [4.78, 5) is 23.5. The third-order valence-electron chi connectivity index (χ3n) is 4.06. The minimum absolute atomic E-state index is 0.169. The molecule has 1 amide bonds. The van der Waals surface area contributed by atoms with Gasteiger partial charge in [0.05, 0.1) is 5.02 Å². The Morgan fingerprint density at radius 3 is 2.75 bits per heavy atom. The van der Waals surface area contributed by atoms with E-state index in [-0.39, 0.29) is 25.2 Å². The second-order valence-electron chi connectivity index (χ2n) is 5.96. The minimum atomic E-state index is -0.610. The van der Waals surface area contributed by atoms with Gasteiger partial charge in [0.1, 0.15) is 5.75 Å². The molecule has 0 heterocycles. The van der Waals surface area contributed by atoms with Gasteiger partial charge in [-0.05, 0) is 37.0 Å². The molecule has 1 aliphatic rings. The molecule has 2 rings (SSSR count). The van der Waals surface area contributed by atoms with Crippen LogP contribution in [0.5, 0.6) is 5.75 Å². The number of benzene rings is 1. The van der Waals surface area contributed by atoms with Crippen LogP contribution in [0.15, 0.2) is 22.7 Å². The van der Waals surface area contributed by atoms with E-state index in [4.69, 9.17) is 21.1 Å². The standard InChI is InChI=1S/C17H21BrClNO4/c1-11-4-2-3-5-14(11)20-16(21)9-24-17(22)10-23-15-7-6-12(18)8-13(15)19/h6-8,11,14H,2-5,9-10H2,1H3,(H,20,21)/t11-,14+/m0/s1. The lowest BCUT2D eigenvalue weighted by Crippen LogP contribution is -2.43. The summed E-state index contributed by atoms with van der Waals surface area (Å²) in [6.07, 6.45) is 4.42. The maximum Gasteiger partial charge on any atom is 0.344 e. The van der Waals surface area contributed by atoms with E-state index < -0.39 is 5.97 Å². The SMILES string of the molecule is C[C@H]1CCCC[C@H]1NC(=O)COC(=O)COc1ccc(Br)cc1Cl. The van der Waals surface area contributed by atoms with E-state index in [1.54, 1.807) is 18.2 Å². The number of carbonyl (C=O) groups is 2. The topological polar surface area (TPSA) is 64.6 Å². The molecule has 1 N–H and O–H groups in total. The van der Waals surface area contributed by atoms with Crippen molar-refractivity contribution in [2.45, 2.75) is 38.6 Å². The smallest absolute Gasteiger partial charge is 0.344 e. The highest BCUT2D eigenvalue weighted by Crippen LogP contribution is 2.27. The third-order valence-corrected chi connectivity index (χ3v) is 4.85. The number of hydrogen-bond acceptors (Lipinski definition) is 4. The molecule has 1 saturated carbocycles. The third kappa shape index (κ3) is 5.98. The fourth-order valence-corrected chi connectivity index (χ4v) is 3.42. The molecule has 1 fully saturated rings. The maximum atomic E-state index is 11.9. The van der Waals surface area contributed by atoms with Gasteiger partial charge >= 0.3 is 5.97 Å². The lowest BCUT2D eigenvalue weighted by atomic mass is 9.86. The average Bonchev–Trinajstić information content (AvgIpc) is 2.54. The predicted octanol–water partition coefficient (Wildman–Crippen LogP) is 3.72. The van der Waals surface area contributed by atoms with Crippen molar-refractivity contribution in [1.29, 1.82) is 0 Å². The molecule has 132 valence electrons. The quantitative estimate of drug-likeness (QED) is 0.715. The summed E-state index contributed by atoms with van der Waals surface area (Å²) < 4.78 is 11.0. The van der Waals surface area contributed by atoms with Crippen LogP contribution >= 0.6 is 27.5 Å². The Bertz CT molecular complexity index is 596. The van der Waals surface area contributed by atoms with Crippen LogP contribution in [-0.2, 0) is 14.3 Å². The van der Waals surface area contributed by atoms with Gasteiger partial charge < -0.3 is 14.8 Å². The molecule has 0 saturated heterocycles. The molecule has 0 aromatic heterocycles. The number of hydrogen-bond donors (Lipinski definition) is 1. The van der Waals surface area contributed by atoms with Crippen molar-refractivity contribution < 1.29 is 19.1 Å². The molecule has 1 aromatic carbocycles. The summed E-state index contributed by atoms with van der Waals surface area (Å²) in [6.45, 7) is 1.54. The van der Waals surface area contributed by atoms with E-state index in [1.807, 2.05) is 0 Å². The van der Waals surface area contributed by atoms with E-state index in [1.165, 1.54) is 6.42 Å². The van der Waals surface area contributed by atoms with Crippen molar-refractivity contribution in [2.75, 3.05) is 13.2 Å². The van der Waals surface area contributed by atoms with E-state index in [0.717, 1.165) is 23.7 Å². The highest BCUT2D eigenvalue weighted by molar-refractivity contribution is 9.10. The number of rotatable bonds is 6. The first-order chi connectivity index (χ1) is 11.5. The Morgan fingerprint density at radius 2 is 2.04 bits per heavy atom. The molecule has 0 radical (unpaired) electrons. The summed E-state index contributed by atoms with van der Waals surface area (Å²) in [7, 11) is 0. The molecule has 1 aliphatic carbocycles. The van der Waals surface area contributed by atoms with Crippen LogP contribution in [0.2, 0.25) is 5.02 Å². The van der Waals surface area contributed by atoms with E-state index in [9.17, 15) is 9.59 Å². The Kier molecular flexibility index (Phi) is 7.37. The van der Waals surface area contributed by atoms with Crippen LogP contribution < -0.4 is 10.1 Å². The summed E-state index contributed by atoms with van der Waals surface area (Å²) >= 11 is 9.28. The van der Waals surface area contributed by atoms with Gasteiger partial charge in [-0.15, -0.1) is 0 Å². The van der Waals surface area contributed by atoms with Crippen LogP contribution in [-0.4, -0.2) is 31.1 Å². The first-order valence-corrected chi connectivity index (χ1v) is 9.15. The molecule has 0 unspecified atom stereocenters. The van der Waals surface area contributed by atoms with Gasteiger partial charge in [-0.1, -0.05) is 47.3 Å². The van der Waals surface area contributed by atoms with Crippen molar-refractivity contribution in [3.63, 3.8) is 0 Å². The summed E-state index contributed by atoms with van der Waals surface area (Å²) in [5.41, 5.74) is 0. The largest absolute Gasteiger partial charge is 0.480 e. The summed E-state index contributed by atoms with van der Waals surface area (Å²) in [6, 6.07) is 5.24. The van der Waals surface area contributed by atoms with Crippen LogP contribution in [0.4, 0.5) is 0 Å². The molecule has 5 nitrogen and oxygen atoms in total. The number of carbonyl (C=O) groups excluding carboxylic acids is 2. The van der Waals surface area contributed by atoms with Gasteiger partial charge in [0.25, 0.3) is 5.91 Å². The minimum Gasteiger partial charge on any atom is -0.480 e. The molecule has 24 heavy (non-hydrogen) atoms. The first-order valence-electron chi connectivity index (χ1n) is 7.98. The van der Waals surface area contributed by atoms with Gasteiger partial charge in [-0.25, -0.2) is 4.79 Å². The van der Waals surface area contributed by atoms with Gasteiger partial charge in [-0.3, -0.25) is 4.79 Å². The Balaban J connectivity index is 1.69. The van der Waals surface area contributed by atoms with Crippen LogP contribution in [0.1, 0.15) is 32.6 Å². The zero-order valence-electron chi connectivity index (χ0n) is 13.5. The van der Waals surface area contributed by atoms with Crippen molar-refractivity contribution >= 4 is 39.4 Å². The average molecular weight is 419 g/mol. The fraction of sp³-hybridized carbons (Fsp3) is 0.529. The maximum absolute atomic E-state index is 11.9. The molecule has 2 atom stereocenters. The van der Waals surface area contributed by atoms with E-state index >= 15 is 0 Å². The number of amides is 1. The van der Waals surface area contributed by atoms with Gasteiger partial charge in [0.15, 0.2) is 13.2 Å². The number of esters is 1. The van der Waals surface area contributed by atoms with Crippen molar-refractivity contribution in [2.24, 2.45) is 5.92 Å². The lowest BCUT2D eigenvalue weighted by molar-refractivity contribution is -0.150. The molecular weight excluding hydrogens is 398 g/mol. The molecule has 0 bridgehead atoms. The fourth-order valence-electron chi connectivity index (χ4n) is 2.70. The second-order valence-corrected chi connectivity index (χ2v) is 7.28. The summed E-state index contributed by atoms with van der Waals surface area (Å²) in [5.74, 6) is -0.0387. The van der Waals surface area contributed by atoms with Crippen LogP contribution in [0, 0.1) is 5.92 Å². The number of halogens is 2. The van der Waals surface area contributed by atoms with Crippen LogP contribution in [0.25, 0.3) is 0 Å². The normalized spacial score (nSPS) is 20.3. The van der Waals surface area contributed by atoms with E-state index in [0.29, 0.717) is 16.7 Å². The zero-order valence-corrected chi connectivity index (χ0v) is 15.9.